The molecule has 2 rings (SSSR count). The van der Waals surface area contributed by atoms with Gasteiger partial charge in [-0.05, 0) is 48.9 Å². The molecular formula is C16H23Cl2N. The van der Waals surface area contributed by atoms with Gasteiger partial charge in [-0.3, -0.25) is 0 Å². The van der Waals surface area contributed by atoms with Crippen LogP contribution in [0.2, 0.25) is 10.0 Å². The minimum absolute atomic E-state index is 0.253. The molecule has 19 heavy (non-hydrogen) atoms. The summed E-state index contributed by atoms with van der Waals surface area (Å²) in [6.45, 7) is 8.90. The molecule has 1 nitrogen and oxygen atoms in total. The largest absolute Gasteiger partial charge is 0.316 e. The van der Waals surface area contributed by atoms with E-state index in [9.17, 15) is 0 Å². The van der Waals surface area contributed by atoms with Crippen LogP contribution in [0.3, 0.4) is 0 Å². The van der Waals surface area contributed by atoms with Crippen molar-refractivity contribution in [2.75, 3.05) is 13.1 Å². The molecule has 0 atom stereocenters. The van der Waals surface area contributed by atoms with Crippen LogP contribution in [0.1, 0.15) is 39.2 Å². The van der Waals surface area contributed by atoms with Gasteiger partial charge in [0, 0.05) is 12.0 Å². The third kappa shape index (κ3) is 3.45. The standard InChI is InChI=1S/C16H23Cl2N/c1-11(2)9-19-10-16(7-12(3)8-16)13-4-5-14(17)15(18)6-13/h4-6,11-12,19H,7-10H2,1-3H3. The summed E-state index contributed by atoms with van der Waals surface area (Å²) in [5, 5.41) is 4.91. The number of benzene rings is 1. The first kappa shape index (κ1) is 15.2. The second kappa shape index (κ2) is 6.03. The molecule has 0 aliphatic heterocycles. The zero-order valence-corrected chi connectivity index (χ0v) is 13.5. The van der Waals surface area contributed by atoms with Gasteiger partial charge in [0.15, 0.2) is 0 Å². The van der Waals surface area contributed by atoms with Crippen LogP contribution in [-0.2, 0) is 5.41 Å². The van der Waals surface area contributed by atoms with Crippen LogP contribution in [0.5, 0.6) is 0 Å². The first-order valence-electron chi connectivity index (χ1n) is 7.09. The zero-order chi connectivity index (χ0) is 14.0. The number of hydrogen-bond acceptors (Lipinski definition) is 1. The number of hydrogen-bond donors (Lipinski definition) is 1. The first-order valence-corrected chi connectivity index (χ1v) is 7.85. The number of rotatable bonds is 5. The zero-order valence-electron chi connectivity index (χ0n) is 12.0. The molecule has 0 bridgehead atoms. The van der Waals surface area contributed by atoms with Crippen molar-refractivity contribution in [2.45, 2.75) is 39.0 Å². The number of nitrogens with one attached hydrogen (secondary N) is 1. The van der Waals surface area contributed by atoms with Gasteiger partial charge in [0.25, 0.3) is 0 Å². The molecule has 0 amide bonds. The van der Waals surface area contributed by atoms with Crippen molar-refractivity contribution in [3.63, 3.8) is 0 Å². The average Bonchev–Trinajstić information content (AvgIpc) is 2.29. The van der Waals surface area contributed by atoms with Gasteiger partial charge in [0.2, 0.25) is 0 Å². The molecule has 1 N–H and O–H groups in total. The summed E-state index contributed by atoms with van der Waals surface area (Å²) in [4.78, 5) is 0. The highest BCUT2D eigenvalue weighted by Gasteiger charge is 2.43. The summed E-state index contributed by atoms with van der Waals surface area (Å²) >= 11 is 12.2. The van der Waals surface area contributed by atoms with Crippen molar-refractivity contribution in [2.24, 2.45) is 11.8 Å². The molecule has 0 unspecified atom stereocenters. The molecule has 0 saturated heterocycles. The monoisotopic (exact) mass is 299 g/mol. The normalized spacial score (nSPS) is 26.5. The summed E-state index contributed by atoms with van der Waals surface area (Å²) in [6.07, 6.45) is 2.46. The molecule has 0 spiro atoms. The van der Waals surface area contributed by atoms with Crippen LogP contribution in [0.4, 0.5) is 0 Å². The molecule has 1 aliphatic rings. The van der Waals surface area contributed by atoms with E-state index in [1.807, 2.05) is 12.1 Å². The Morgan fingerprint density at radius 1 is 1.26 bits per heavy atom. The van der Waals surface area contributed by atoms with E-state index < -0.39 is 0 Å². The lowest BCUT2D eigenvalue weighted by atomic mass is 9.59. The van der Waals surface area contributed by atoms with Gasteiger partial charge >= 0.3 is 0 Å². The summed E-state index contributed by atoms with van der Waals surface area (Å²) in [5.74, 6) is 1.48. The van der Waals surface area contributed by atoms with Crippen molar-refractivity contribution in [1.82, 2.24) is 5.32 Å². The predicted molar refractivity (Wildman–Crippen MR) is 84.2 cm³/mol. The molecule has 0 aromatic heterocycles. The molecular weight excluding hydrogens is 277 g/mol. The first-order chi connectivity index (χ1) is 8.93. The van der Waals surface area contributed by atoms with Crippen LogP contribution in [0, 0.1) is 11.8 Å². The quantitative estimate of drug-likeness (QED) is 0.815. The van der Waals surface area contributed by atoms with E-state index in [2.05, 4.69) is 32.2 Å². The van der Waals surface area contributed by atoms with Gasteiger partial charge in [0.05, 0.1) is 10.0 Å². The molecule has 1 saturated carbocycles. The van der Waals surface area contributed by atoms with Crippen LogP contribution < -0.4 is 5.32 Å². The highest BCUT2D eigenvalue weighted by atomic mass is 35.5. The minimum Gasteiger partial charge on any atom is -0.316 e. The second-order valence-electron chi connectivity index (χ2n) is 6.45. The van der Waals surface area contributed by atoms with Gasteiger partial charge in [0.1, 0.15) is 0 Å². The lowest BCUT2D eigenvalue weighted by Gasteiger charge is -2.47. The maximum atomic E-state index is 6.17. The van der Waals surface area contributed by atoms with Crippen LogP contribution in [0.15, 0.2) is 18.2 Å². The van der Waals surface area contributed by atoms with Gasteiger partial charge < -0.3 is 5.32 Å². The van der Waals surface area contributed by atoms with Gasteiger partial charge in [-0.25, -0.2) is 0 Å². The SMILES string of the molecule is CC(C)CNCC1(c2ccc(Cl)c(Cl)c2)CC(C)C1. The highest BCUT2D eigenvalue weighted by Crippen LogP contribution is 2.48. The summed E-state index contributed by atoms with van der Waals surface area (Å²) in [5.41, 5.74) is 1.58. The van der Waals surface area contributed by atoms with E-state index in [1.54, 1.807) is 0 Å². The van der Waals surface area contributed by atoms with E-state index in [4.69, 9.17) is 23.2 Å². The third-order valence-corrected chi connectivity index (χ3v) is 4.77. The average molecular weight is 300 g/mol. The topological polar surface area (TPSA) is 12.0 Å². The molecule has 1 aromatic rings. The fraction of sp³-hybridized carbons (Fsp3) is 0.625. The molecule has 106 valence electrons. The lowest BCUT2D eigenvalue weighted by Crippen LogP contribution is -2.48. The Labute approximate surface area is 126 Å². The van der Waals surface area contributed by atoms with E-state index in [0.717, 1.165) is 19.0 Å². The minimum atomic E-state index is 0.253. The Morgan fingerprint density at radius 3 is 2.47 bits per heavy atom. The van der Waals surface area contributed by atoms with Crippen molar-refractivity contribution >= 4 is 23.2 Å². The van der Waals surface area contributed by atoms with Crippen LogP contribution in [-0.4, -0.2) is 13.1 Å². The Kier molecular flexibility index (Phi) is 4.81. The van der Waals surface area contributed by atoms with Crippen molar-refractivity contribution in [1.29, 1.82) is 0 Å². The van der Waals surface area contributed by atoms with E-state index in [-0.39, 0.29) is 5.41 Å². The summed E-state index contributed by atoms with van der Waals surface area (Å²) < 4.78 is 0. The molecule has 3 heteroatoms. The Hall–Kier alpha value is -0.240. The van der Waals surface area contributed by atoms with Gasteiger partial charge in [-0.15, -0.1) is 0 Å². The maximum absolute atomic E-state index is 6.17. The molecule has 0 heterocycles. The van der Waals surface area contributed by atoms with E-state index in [1.165, 1.54) is 18.4 Å². The van der Waals surface area contributed by atoms with Gasteiger partial charge in [-0.1, -0.05) is 50.0 Å². The lowest BCUT2D eigenvalue weighted by molar-refractivity contribution is 0.151. The number of halogens is 2. The summed E-state index contributed by atoms with van der Waals surface area (Å²) in [6, 6.07) is 6.11. The predicted octanol–water partition coefficient (Wildman–Crippen LogP) is 4.91. The van der Waals surface area contributed by atoms with Crippen molar-refractivity contribution < 1.29 is 0 Å². The Bertz CT molecular complexity index is 436. The molecule has 1 aromatic carbocycles. The fourth-order valence-electron chi connectivity index (χ4n) is 3.18. The van der Waals surface area contributed by atoms with E-state index >= 15 is 0 Å². The van der Waals surface area contributed by atoms with Gasteiger partial charge in [-0.2, -0.15) is 0 Å². The summed E-state index contributed by atoms with van der Waals surface area (Å²) in [7, 11) is 0. The van der Waals surface area contributed by atoms with Crippen molar-refractivity contribution in [3.05, 3.63) is 33.8 Å². The second-order valence-corrected chi connectivity index (χ2v) is 7.26. The van der Waals surface area contributed by atoms with E-state index in [0.29, 0.717) is 16.0 Å². The molecule has 1 aliphatic carbocycles. The fourth-order valence-corrected chi connectivity index (χ4v) is 3.48. The van der Waals surface area contributed by atoms with Crippen molar-refractivity contribution in [3.8, 4) is 0 Å². The molecule has 1 fully saturated rings. The third-order valence-electron chi connectivity index (χ3n) is 4.03. The van der Waals surface area contributed by atoms with Crippen LogP contribution >= 0.6 is 23.2 Å². The molecule has 0 radical (unpaired) electrons. The maximum Gasteiger partial charge on any atom is 0.0595 e. The smallest absolute Gasteiger partial charge is 0.0595 e. The highest BCUT2D eigenvalue weighted by molar-refractivity contribution is 6.42. The van der Waals surface area contributed by atoms with Crippen LogP contribution in [0.25, 0.3) is 0 Å². The Balaban J connectivity index is 2.12. The Morgan fingerprint density at radius 2 is 1.95 bits per heavy atom.